The Kier molecular flexibility index (Phi) is 32.4. The van der Waals surface area contributed by atoms with E-state index in [9.17, 15) is 13.7 Å². The molecule has 1 N–H and O–H groups in total. The van der Waals surface area contributed by atoms with Crippen molar-refractivity contribution in [2.75, 3.05) is 62.6 Å². The number of benzene rings is 4. The first-order valence-electron chi connectivity index (χ1n) is 37.8. The molecule has 0 aliphatic carbocycles. The number of nitriles is 1. The van der Waals surface area contributed by atoms with Gasteiger partial charge in [-0.05, 0) is 181 Å². The first-order valence-corrected chi connectivity index (χ1v) is 43.8. The van der Waals surface area contributed by atoms with Gasteiger partial charge in [-0.15, -0.1) is 28.9 Å². The van der Waals surface area contributed by atoms with Crippen molar-refractivity contribution in [3.8, 4) is 11.2 Å². The van der Waals surface area contributed by atoms with E-state index in [-0.39, 0.29) is 27.0 Å². The average Bonchev–Trinajstić information content (AvgIpc) is 1.42. The first-order chi connectivity index (χ1) is 50.7. The van der Waals surface area contributed by atoms with E-state index in [0.29, 0.717) is 110 Å². The van der Waals surface area contributed by atoms with Crippen LogP contribution in [0.25, 0.3) is 25.6 Å². The van der Waals surface area contributed by atoms with Gasteiger partial charge in [0.2, 0.25) is 25.2 Å². The molecule has 0 atom stereocenters. The molecule has 4 heterocycles. The highest BCUT2D eigenvalue weighted by molar-refractivity contribution is 7.95. The van der Waals surface area contributed by atoms with E-state index in [0.717, 1.165) is 177 Å². The highest BCUT2D eigenvalue weighted by Gasteiger charge is 2.35. The molecule has 0 bridgehead atoms. The molecule has 0 unspecified atom stereocenters. The summed E-state index contributed by atoms with van der Waals surface area (Å²) >= 11 is 4.93. The zero-order valence-corrected chi connectivity index (χ0v) is 70.6. The van der Waals surface area contributed by atoms with Crippen molar-refractivity contribution >= 4 is 127 Å². The molecule has 8 rings (SSSR count). The van der Waals surface area contributed by atoms with Gasteiger partial charge < -0.3 is 5.32 Å². The Labute approximate surface area is 647 Å². The van der Waals surface area contributed by atoms with Crippen molar-refractivity contribution in [3.05, 3.63) is 105 Å². The van der Waals surface area contributed by atoms with Gasteiger partial charge in [-0.25, -0.2) is 31.8 Å². The van der Waals surface area contributed by atoms with E-state index in [1.807, 2.05) is 115 Å². The quantitative estimate of drug-likeness (QED) is 0.0162. The van der Waals surface area contributed by atoms with Crippen LogP contribution in [0.2, 0.25) is 0 Å². The van der Waals surface area contributed by atoms with Crippen molar-refractivity contribution in [1.29, 1.82) is 5.26 Å². The van der Waals surface area contributed by atoms with Gasteiger partial charge in [-0.1, -0.05) is 162 Å². The second-order valence-electron chi connectivity index (χ2n) is 28.3. The second kappa shape index (κ2) is 40.1. The van der Waals surface area contributed by atoms with Crippen LogP contribution in [0, 0.1) is 59.8 Å². The molecule has 0 radical (unpaired) electrons. The molecule has 578 valence electrons. The fraction of sp³-hybridized carbons (Fsp3) is 0.551. The summed E-state index contributed by atoms with van der Waals surface area (Å²) in [6, 6.07) is 19.2. The Bertz CT molecular complexity index is 4530. The van der Waals surface area contributed by atoms with E-state index in [2.05, 4.69) is 72.8 Å². The number of pyridine rings is 1. The van der Waals surface area contributed by atoms with Gasteiger partial charge >= 0.3 is 0 Å². The molecule has 0 amide bonds. The topological polar surface area (TPSA) is 238 Å². The van der Waals surface area contributed by atoms with Crippen molar-refractivity contribution in [2.24, 2.45) is 10.2 Å². The van der Waals surface area contributed by atoms with E-state index in [1.54, 1.807) is 31.5 Å². The number of hydrogen-bond donors (Lipinski definition) is 1. The molecule has 22 nitrogen and oxygen atoms in total. The first kappa shape index (κ1) is 85.6. The lowest BCUT2D eigenvalue weighted by Gasteiger charge is -2.30. The maximum absolute atomic E-state index is 15.5. The van der Waals surface area contributed by atoms with Gasteiger partial charge in [0.1, 0.15) is 23.1 Å². The third-order valence-electron chi connectivity index (χ3n) is 18.5. The summed E-state index contributed by atoms with van der Waals surface area (Å²) in [5.41, 5.74) is 7.94. The summed E-state index contributed by atoms with van der Waals surface area (Å²) < 4.78 is 78.6. The number of hydroxylamine groups is 4. The zero-order chi connectivity index (χ0) is 77.0. The monoisotopic (exact) mass is 1560 g/mol. The van der Waals surface area contributed by atoms with Gasteiger partial charge in [-0.2, -0.15) is 33.8 Å². The molecule has 0 fully saturated rings. The number of anilines is 5. The number of nitrogens with zero attached hydrogens (tertiary/aromatic N) is 13. The largest absolute Gasteiger partial charge is 0.338 e. The molecular formula is C78H112N14O8S6. The number of rotatable bonds is 44. The number of nitrogens with one attached hydrogen (secondary N) is 1. The maximum atomic E-state index is 15.5. The van der Waals surface area contributed by atoms with Crippen LogP contribution in [0.4, 0.5) is 39.6 Å². The van der Waals surface area contributed by atoms with Crippen molar-refractivity contribution in [2.45, 2.75) is 252 Å². The minimum atomic E-state index is -4.12. The highest BCUT2D eigenvalue weighted by Crippen LogP contribution is 2.48. The third-order valence-corrected chi connectivity index (χ3v) is 26.0. The summed E-state index contributed by atoms with van der Waals surface area (Å²) in [7, 11) is -8.05. The number of azo groups is 1. The fourth-order valence-corrected chi connectivity index (χ4v) is 19.3. The lowest BCUT2D eigenvalue weighted by atomic mass is 9.90. The van der Waals surface area contributed by atoms with Crippen LogP contribution in [-0.4, -0.2) is 113 Å². The molecular weight excluding hydrogens is 1450 g/mol. The van der Waals surface area contributed by atoms with Gasteiger partial charge in [0.15, 0.2) is 16.8 Å². The van der Waals surface area contributed by atoms with Crippen LogP contribution in [0.5, 0.6) is 0 Å². The normalized spacial score (nSPS) is 12.5. The lowest BCUT2D eigenvalue weighted by Crippen LogP contribution is -2.34. The zero-order valence-electron chi connectivity index (χ0n) is 65.7. The van der Waals surface area contributed by atoms with Crippen LogP contribution in [-0.2, 0) is 44.1 Å². The van der Waals surface area contributed by atoms with Crippen LogP contribution in [0.1, 0.15) is 229 Å². The van der Waals surface area contributed by atoms with Gasteiger partial charge in [0.05, 0.1) is 65.7 Å². The molecule has 0 saturated heterocycles. The molecule has 4 aromatic heterocycles. The van der Waals surface area contributed by atoms with Crippen molar-refractivity contribution in [1.82, 2.24) is 43.5 Å². The Morgan fingerprint density at radius 3 is 1.64 bits per heavy atom. The maximum Gasteiger partial charge on any atom is 0.243 e. The van der Waals surface area contributed by atoms with E-state index < -0.39 is 25.5 Å². The average molecular weight is 1570 g/mol. The number of aromatic nitrogens is 5. The van der Waals surface area contributed by atoms with Crippen LogP contribution in [0.15, 0.2) is 84.4 Å². The summed E-state index contributed by atoms with van der Waals surface area (Å²) in [5, 5.41) is 35.0. The minimum absolute atomic E-state index is 0.153. The number of fused-ring (bicyclic) bond motifs is 2. The molecule has 28 heteroatoms. The van der Waals surface area contributed by atoms with Gasteiger partial charge in [-0.3, -0.25) is 4.90 Å². The smallest absolute Gasteiger partial charge is 0.243 e. The minimum Gasteiger partial charge on any atom is -0.338 e. The number of unbranched alkanes of at least 4 members (excludes halogenated alkanes) is 8. The number of thiazole rings is 2. The Morgan fingerprint density at radius 2 is 1.08 bits per heavy atom. The number of aryl methyl sites for hydroxylation is 5. The molecule has 0 spiro atoms. The Hall–Kier alpha value is -6.01. The van der Waals surface area contributed by atoms with Gasteiger partial charge in [0.25, 0.3) is 0 Å². The number of sulfonamides is 2. The third kappa shape index (κ3) is 21.1. The van der Waals surface area contributed by atoms with Crippen molar-refractivity contribution in [3.63, 3.8) is 0 Å². The molecule has 4 aromatic carbocycles. The van der Waals surface area contributed by atoms with Crippen LogP contribution < -0.4 is 10.2 Å². The summed E-state index contributed by atoms with van der Waals surface area (Å²) in [5.74, 6) is 0.741. The summed E-state index contributed by atoms with van der Waals surface area (Å²) in [6.07, 6.45) is 14.1. The SMILES string of the molecule is CCCCN(CCCC)OOSc1ccc2nc(-n3nc(C(C)(C)C)c(C#N)c3N=Nc3c(C)cc(N(c4nc5ccc(S(=O)(=O)N(CCCC)CCCC)cc5s4)c4c(C)cc(C)c(S(=O)(=O)N(CCCC)CCCC)c4C)nc3Nc3c(C)cc(C)c(SOON(CCCC)CCCC)c3C)sc2c1. The van der Waals surface area contributed by atoms with E-state index >= 15 is 8.42 Å². The predicted octanol–water partition coefficient (Wildman–Crippen LogP) is 22.2. The molecule has 0 aliphatic heterocycles. The summed E-state index contributed by atoms with van der Waals surface area (Å²) in [4.78, 5) is 31.7. The summed E-state index contributed by atoms with van der Waals surface area (Å²) in [6.45, 7) is 40.9. The fourth-order valence-electron chi connectivity index (χ4n) is 12.6. The highest BCUT2D eigenvalue weighted by atomic mass is 32.2. The van der Waals surface area contributed by atoms with Crippen molar-refractivity contribution < 1.29 is 35.5 Å². The molecule has 8 aromatic rings. The Morgan fingerprint density at radius 1 is 0.566 bits per heavy atom. The van der Waals surface area contributed by atoms with Crippen LogP contribution >= 0.6 is 46.8 Å². The van der Waals surface area contributed by atoms with Gasteiger partial charge in [0, 0.05) is 73.3 Å². The molecule has 106 heavy (non-hydrogen) atoms. The Balaban J connectivity index is 1.38. The second-order valence-corrected chi connectivity index (χ2v) is 35.6. The molecule has 0 saturated carbocycles. The molecule has 0 aliphatic rings. The van der Waals surface area contributed by atoms with E-state index in [1.165, 1.54) is 22.7 Å². The number of hydrogen-bond acceptors (Lipinski definition) is 23. The standard InChI is InChI=1S/C78H112N14O8S6/c1-19-27-39-87(40-28-20-2)97-99-103-60-35-37-63-65(50-60)102-77(81-63)92-75(62(52-79)73(86-92)78(16,17)18)85-84-69-54(10)49-67(82-74(69)83-68-53(9)47-56(12)71(58(68)14)104-100-98-88(41-29-21-3)42-30-22-4)91(70-55(11)48-57(13)72(59(70)15)106(95,96)90(45-33-25-7)46-34-26-8)76-80-64-38-36-61(51-66(64)101-76)105(93,94)89(43-31-23-5)44-32-24-6/h35-38,47-51H,19-34,39-46H2,1-18H3,(H,82,83). The van der Waals surface area contributed by atoms with Crippen LogP contribution in [0.3, 0.4) is 0 Å². The predicted molar refractivity (Wildman–Crippen MR) is 435 cm³/mol. The lowest BCUT2D eigenvalue weighted by molar-refractivity contribution is -0.360. The van der Waals surface area contributed by atoms with E-state index in [4.69, 9.17) is 48.9 Å².